The van der Waals surface area contributed by atoms with E-state index in [0.29, 0.717) is 21.1 Å². The van der Waals surface area contributed by atoms with E-state index < -0.39 is 0 Å². The normalized spacial score (nSPS) is 12.2. The van der Waals surface area contributed by atoms with Crippen LogP contribution in [0.1, 0.15) is 11.6 Å². The van der Waals surface area contributed by atoms with Gasteiger partial charge < -0.3 is 11.1 Å². The molecule has 0 amide bonds. The van der Waals surface area contributed by atoms with E-state index >= 15 is 0 Å². The van der Waals surface area contributed by atoms with E-state index in [9.17, 15) is 4.39 Å². The lowest BCUT2D eigenvalue weighted by Crippen LogP contribution is -2.21. The lowest BCUT2D eigenvalue weighted by Gasteiger charge is -2.20. The third-order valence-corrected chi connectivity index (χ3v) is 4.29. The highest BCUT2D eigenvalue weighted by molar-refractivity contribution is 9.10. The summed E-state index contributed by atoms with van der Waals surface area (Å²) in [5, 5.41) is 4.16. The topological polar surface area (TPSA) is 38.0 Å². The van der Waals surface area contributed by atoms with E-state index in [1.807, 2.05) is 12.1 Å². The summed E-state index contributed by atoms with van der Waals surface area (Å²) in [6.45, 7) is 0.328. The highest BCUT2D eigenvalue weighted by atomic mass is 79.9. The van der Waals surface area contributed by atoms with Crippen LogP contribution in [0.2, 0.25) is 10.0 Å². The number of nitrogens with two attached hydrogens (primary N) is 1. The molecular weight excluding hydrogens is 366 g/mol. The van der Waals surface area contributed by atoms with Gasteiger partial charge in [-0.05, 0) is 45.8 Å². The Morgan fingerprint density at radius 1 is 1.25 bits per heavy atom. The number of hydrogen-bond donors (Lipinski definition) is 2. The van der Waals surface area contributed by atoms with Gasteiger partial charge in [-0.1, -0.05) is 35.3 Å². The van der Waals surface area contributed by atoms with Crippen molar-refractivity contribution in [1.82, 2.24) is 0 Å². The molecule has 6 heteroatoms. The number of rotatable bonds is 4. The van der Waals surface area contributed by atoms with Crippen LogP contribution in [0.4, 0.5) is 10.1 Å². The van der Waals surface area contributed by atoms with Gasteiger partial charge in [-0.2, -0.15) is 0 Å². The van der Waals surface area contributed by atoms with Crippen LogP contribution in [0.3, 0.4) is 0 Å². The van der Waals surface area contributed by atoms with Crippen molar-refractivity contribution in [1.29, 1.82) is 0 Å². The lowest BCUT2D eigenvalue weighted by molar-refractivity contribution is 0.621. The first kappa shape index (κ1) is 15.6. The number of hydrogen-bond acceptors (Lipinski definition) is 2. The molecule has 106 valence electrons. The summed E-state index contributed by atoms with van der Waals surface area (Å²) in [6, 6.07) is 9.84. The molecule has 2 nitrogen and oxygen atoms in total. The molecule has 0 saturated carbocycles. The average molecular weight is 378 g/mol. The van der Waals surface area contributed by atoms with Crippen LogP contribution in [0, 0.1) is 5.82 Å². The summed E-state index contributed by atoms with van der Waals surface area (Å²) in [5.41, 5.74) is 7.34. The molecule has 0 aromatic heterocycles. The van der Waals surface area contributed by atoms with Crippen molar-refractivity contribution in [3.05, 3.63) is 62.3 Å². The van der Waals surface area contributed by atoms with Crippen LogP contribution in [-0.4, -0.2) is 6.54 Å². The summed E-state index contributed by atoms with van der Waals surface area (Å²) >= 11 is 15.3. The maximum atomic E-state index is 13.2. The molecule has 3 N–H and O–H groups in total. The second-order valence-electron chi connectivity index (χ2n) is 4.20. The molecule has 1 atom stereocenters. The van der Waals surface area contributed by atoms with Crippen molar-refractivity contribution in [3.8, 4) is 0 Å². The second kappa shape index (κ2) is 6.76. The lowest BCUT2D eigenvalue weighted by atomic mass is 10.1. The maximum absolute atomic E-state index is 13.2. The van der Waals surface area contributed by atoms with Crippen LogP contribution in [0.5, 0.6) is 0 Å². The summed E-state index contributed by atoms with van der Waals surface area (Å²) in [4.78, 5) is 0. The summed E-state index contributed by atoms with van der Waals surface area (Å²) in [5.74, 6) is -0.319. The summed E-state index contributed by atoms with van der Waals surface area (Å²) in [6.07, 6.45) is 0. The predicted octanol–water partition coefficient (Wildman–Crippen LogP) is 5.01. The van der Waals surface area contributed by atoms with Gasteiger partial charge in [0.2, 0.25) is 0 Å². The molecular formula is C14H12BrCl2FN2. The molecule has 0 spiro atoms. The van der Waals surface area contributed by atoms with Crippen LogP contribution in [-0.2, 0) is 0 Å². The summed E-state index contributed by atoms with van der Waals surface area (Å²) < 4.78 is 13.6. The average Bonchev–Trinajstić information content (AvgIpc) is 2.43. The van der Waals surface area contributed by atoms with Crippen molar-refractivity contribution in [3.63, 3.8) is 0 Å². The van der Waals surface area contributed by atoms with Gasteiger partial charge in [-0.15, -0.1) is 0 Å². The van der Waals surface area contributed by atoms with Gasteiger partial charge in [-0.25, -0.2) is 4.39 Å². The van der Waals surface area contributed by atoms with Crippen LogP contribution < -0.4 is 11.1 Å². The molecule has 0 fully saturated rings. The number of anilines is 1. The first-order valence-electron chi connectivity index (χ1n) is 5.88. The Kier molecular flexibility index (Phi) is 5.27. The van der Waals surface area contributed by atoms with Gasteiger partial charge in [0.05, 0.1) is 20.6 Å². The Hall–Kier alpha value is -0.810. The number of nitrogens with one attached hydrogen (secondary N) is 1. The highest BCUT2D eigenvalue weighted by Gasteiger charge is 2.15. The van der Waals surface area contributed by atoms with Gasteiger partial charge in [0.25, 0.3) is 0 Å². The molecule has 2 aromatic rings. The third-order valence-electron chi connectivity index (χ3n) is 2.85. The largest absolute Gasteiger partial charge is 0.377 e. The van der Waals surface area contributed by atoms with E-state index in [0.717, 1.165) is 11.3 Å². The van der Waals surface area contributed by atoms with Gasteiger partial charge in [0, 0.05) is 12.2 Å². The zero-order chi connectivity index (χ0) is 14.7. The molecule has 0 radical (unpaired) electrons. The smallest absolute Gasteiger partial charge is 0.137 e. The van der Waals surface area contributed by atoms with E-state index in [4.69, 9.17) is 28.9 Å². The highest BCUT2D eigenvalue weighted by Crippen LogP contribution is 2.32. The first-order chi connectivity index (χ1) is 9.52. The van der Waals surface area contributed by atoms with E-state index in [2.05, 4.69) is 21.2 Å². The fourth-order valence-corrected chi connectivity index (χ4v) is 2.66. The Bertz CT molecular complexity index is 622. The van der Waals surface area contributed by atoms with Gasteiger partial charge in [-0.3, -0.25) is 0 Å². The van der Waals surface area contributed by atoms with E-state index in [1.54, 1.807) is 18.2 Å². The SMILES string of the molecule is NCC(Nc1ccc(F)c(Br)c1)c1cccc(Cl)c1Cl. The van der Waals surface area contributed by atoms with E-state index in [-0.39, 0.29) is 11.9 Å². The minimum atomic E-state index is -0.319. The quantitative estimate of drug-likeness (QED) is 0.786. The standard InChI is InChI=1S/C14H12BrCl2FN2/c15-10-6-8(4-5-12(10)18)20-13(7-19)9-2-1-3-11(16)14(9)17/h1-6,13,20H,7,19H2. The molecule has 0 bridgehead atoms. The van der Waals surface area contributed by atoms with Crippen LogP contribution in [0.15, 0.2) is 40.9 Å². The molecule has 0 aliphatic rings. The van der Waals surface area contributed by atoms with E-state index in [1.165, 1.54) is 6.07 Å². The minimum Gasteiger partial charge on any atom is -0.377 e. The zero-order valence-corrected chi connectivity index (χ0v) is 13.4. The zero-order valence-electron chi connectivity index (χ0n) is 10.3. The minimum absolute atomic E-state index is 0.210. The van der Waals surface area contributed by atoms with Crippen LogP contribution in [0.25, 0.3) is 0 Å². The van der Waals surface area contributed by atoms with Crippen molar-refractivity contribution >= 4 is 44.8 Å². The molecule has 0 aliphatic heterocycles. The molecule has 0 saturated heterocycles. The maximum Gasteiger partial charge on any atom is 0.137 e. The fraction of sp³-hybridized carbons (Fsp3) is 0.143. The van der Waals surface area contributed by atoms with Crippen molar-refractivity contribution in [2.75, 3.05) is 11.9 Å². The third kappa shape index (κ3) is 3.44. The number of benzene rings is 2. The Labute approximate surface area is 135 Å². The van der Waals surface area contributed by atoms with Gasteiger partial charge in [0.1, 0.15) is 5.82 Å². The first-order valence-corrected chi connectivity index (χ1v) is 7.43. The van der Waals surface area contributed by atoms with Crippen LogP contribution >= 0.6 is 39.1 Å². The fourth-order valence-electron chi connectivity index (χ4n) is 1.84. The Balaban J connectivity index is 2.28. The second-order valence-corrected chi connectivity index (χ2v) is 5.84. The molecule has 2 rings (SSSR count). The Morgan fingerprint density at radius 2 is 2.00 bits per heavy atom. The van der Waals surface area contributed by atoms with Crippen molar-refractivity contribution in [2.24, 2.45) is 5.73 Å². The molecule has 2 aromatic carbocycles. The summed E-state index contributed by atoms with van der Waals surface area (Å²) in [7, 11) is 0. The molecule has 0 heterocycles. The monoisotopic (exact) mass is 376 g/mol. The molecule has 1 unspecified atom stereocenters. The van der Waals surface area contributed by atoms with Crippen molar-refractivity contribution < 1.29 is 4.39 Å². The van der Waals surface area contributed by atoms with Crippen molar-refractivity contribution in [2.45, 2.75) is 6.04 Å². The Morgan fingerprint density at radius 3 is 2.65 bits per heavy atom. The van der Waals surface area contributed by atoms with Gasteiger partial charge >= 0.3 is 0 Å². The predicted molar refractivity (Wildman–Crippen MR) is 86.0 cm³/mol. The van der Waals surface area contributed by atoms with Gasteiger partial charge in [0.15, 0.2) is 0 Å². The number of halogens is 4. The molecule has 0 aliphatic carbocycles. The molecule has 20 heavy (non-hydrogen) atoms.